The van der Waals surface area contributed by atoms with E-state index >= 15 is 0 Å². The number of H-pyrrole nitrogens is 1. The molecule has 0 bridgehead atoms. The summed E-state index contributed by atoms with van der Waals surface area (Å²) >= 11 is 0. The number of aromatic amines is 1. The quantitative estimate of drug-likeness (QED) is 0.360. The summed E-state index contributed by atoms with van der Waals surface area (Å²) in [6, 6.07) is 4.26. The van der Waals surface area contributed by atoms with Gasteiger partial charge in [0.25, 0.3) is 11.5 Å². The van der Waals surface area contributed by atoms with Gasteiger partial charge < -0.3 is 25.7 Å². The van der Waals surface area contributed by atoms with Crippen molar-refractivity contribution in [2.75, 3.05) is 31.1 Å². The first-order valence-electron chi connectivity index (χ1n) is 11.6. The lowest BCUT2D eigenvalue weighted by atomic mass is 10.1. The number of ether oxygens (including phenoxy) is 1. The van der Waals surface area contributed by atoms with E-state index in [0.29, 0.717) is 11.5 Å². The van der Waals surface area contributed by atoms with E-state index in [-0.39, 0.29) is 39.8 Å². The molecule has 0 unspecified atom stereocenters. The first-order valence-corrected chi connectivity index (χ1v) is 11.6. The topological polar surface area (TPSA) is 148 Å². The van der Waals surface area contributed by atoms with E-state index in [1.807, 2.05) is 32.6 Å². The van der Waals surface area contributed by atoms with Crippen LogP contribution < -0.4 is 26.2 Å². The molecule has 0 atom stereocenters. The standard InChI is InChI=1S/C19H21N7O4.C4H6.C2H6/c1-10(27)11-3-4-13(12(9-11)15(20)28)30-19-24-16-14(17(29)25(19)2)22-18(23-16)26-7-5-21-6-8-26;1-3-4-2;1-2/h3-4,9,21H,5-8H2,1-2H3,(H2,20,28)(H,22,23);1-2H3;1-2H3. The molecule has 1 aliphatic heterocycles. The number of ketones is 1. The molecule has 11 nitrogen and oxygen atoms in total. The summed E-state index contributed by atoms with van der Waals surface area (Å²) < 4.78 is 6.96. The van der Waals surface area contributed by atoms with Gasteiger partial charge in [-0.15, -0.1) is 11.8 Å². The first-order chi connectivity index (χ1) is 17.3. The van der Waals surface area contributed by atoms with Crippen LogP contribution in [0.15, 0.2) is 23.0 Å². The maximum absolute atomic E-state index is 12.8. The maximum Gasteiger partial charge on any atom is 0.306 e. The second-order valence-corrected chi connectivity index (χ2v) is 7.49. The average molecular weight is 496 g/mol. The van der Waals surface area contributed by atoms with Gasteiger partial charge in [-0.05, 0) is 39.0 Å². The molecule has 192 valence electrons. The molecule has 3 heterocycles. The Kier molecular flexibility index (Phi) is 10.2. The van der Waals surface area contributed by atoms with E-state index in [2.05, 4.69) is 32.1 Å². The molecule has 3 aromatic rings. The van der Waals surface area contributed by atoms with Crippen molar-refractivity contribution in [2.24, 2.45) is 12.8 Å². The first kappa shape index (κ1) is 28.1. The van der Waals surface area contributed by atoms with Crippen molar-refractivity contribution in [1.82, 2.24) is 24.8 Å². The van der Waals surface area contributed by atoms with E-state index in [9.17, 15) is 14.4 Å². The van der Waals surface area contributed by atoms with Crippen LogP contribution in [0.25, 0.3) is 11.2 Å². The van der Waals surface area contributed by atoms with Gasteiger partial charge in [-0.3, -0.25) is 19.0 Å². The molecular weight excluding hydrogens is 462 g/mol. The Morgan fingerprint density at radius 3 is 2.31 bits per heavy atom. The van der Waals surface area contributed by atoms with Crippen molar-refractivity contribution in [3.05, 3.63) is 39.7 Å². The van der Waals surface area contributed by atoms with Crippen molar-refractivity contribution < 1.29 is 14.3 Å². The predicted octanol–water partition coefficient (Wildman–Crippen LogP) is 2.22. The van der Waals surface area contributed by atoms with Gasteiger partial charge in [-0.25, -0.2) is 0 Å². The molecule has 1 aromatic carbocycles. The minimum absolute atomic E-state index is 0.0144. The molecule has 0 aliphatic carbocycles. The molecule has 4 rings (SSSR count). The van der Waals surface area contributed by atoms with Crippen LogP contribution in [0.2, 0.25) is 0 Å². The molecule has 2 aromatic heterocycles. The molecule has 1 fully saturated rings. The van der Waals surface area contributed by atoms with Crippen LogP contribution >= 0.6 is 0 Å². The minimum Gasteiger partial charge on any atom is -0.425 e. The molecule has 0 radical (unpaired) electrons. The van der Waals surface area contributed by atoms with Crippen LogP contribution in [0.3, 0.4) is 0 Å². The summed E-state index contributed by atoms with van der Waals surface area (Å²) in [5.74, 6) is 5.04. The number of hydrogen-bond donors (Lipinski definition) is 3. The fourth-order valence-corrected chi connectivity index (χ4v) is 3.25. The van der Waals surface area contributed by atoms with Gasteiger partial charge >= 0.3 is 6.01 Å². The van der Waals surface area contributed by atoms with Crippen molar-refractivity contribution in [1.29, 1.82) is 0 Å². The van der Waals surface area contributed by atoms with Gasteiger partial charge in [0.2, 0.25) is 5.95 Å². The van der Waals surface area contributed by atoms with E-state index in [1.54, 1.807) is 0 Å². The van der Waals surface area contributed by atoms with Gasteiger partial charge in [-0.1, -0.05) is 13.8 Å². The highest BCUT2D eigenvalue weighted by Crippen LogP contribution is 2.26. The van der Waals surface area contributed by atoms with Crippen molar-refractivity contribution >= 4 is 28.8 Å². The summed E-state index contributed by atoms with van der Waals surface area (Å²) in [6.07, 6.45) is 0. The lowest BCUT2D eigenvalue weighted by Gasteiger charge is -2.26. The zero-order valence-electron chi connectivity index (χ0n) is 21.6. The van der Waals surface area contributed by atoms with Crippen LogP contribution in [0.1, 0.15) is 55.3 Å². The molecule has 1 amide bonds. The normalized spacial score (nSPS) is 12.3. The molecule has 36 heavy (non-hydrogen) atoms. The van der Waals surface area contributed by atoms with E-state index in [1.165, 1.54) is 36.7 Å². The number of amides is 1. The summed E-state index contributed by atoms with van der Waals surface area (Å²) in [5.41, 5.74) is 5.87. The third kappa shape index (κ3) is 6.49. The second kappa shape index (κ2) is 13.1. The zero-order chi connectivity index (χ0) is 26.8. The molecule has 4 N–H and O–H groups in total. The Balaban J connectivity index is 0.000000694. The number of piperazine rings is 1. The Bertz CT molecular complexity index is 1340. The third-order valence-corrected chi connectivity index (χ3v) is 5.20. The highest BCUT2D eigenvalue weighted by molar-refractivity contribution is 6.00. The SMILES string of the molecule is CC.CC#CC.CC(=O)c1ccc(Oc2nc3nc(N4CCNCC4)[nH]c3c(=O)n2C)c(C(N)=O)c1. The Labute approximate surface area is 210 Å². The lowest BCUT2D eigenvalue weighted by molar-refractivity contribution is 0.0997. The average Bonchev–Trinajstić information content (AvgIpc) is 3.33. The van der Waals surface area contributed by atoms with Gasteiger partial charge in [0.15, 0.2) is 16.9 Å². The number of imidazole rings is 1. The predicted molar refractivity (Wildman–Crippen MR) is 140 cm³/mol. The molecule has 1 saturated heterocycles. The van der Waals surface area contributed by atoms with Gasteiger partial charge in [0.1, 0.15) is 5.75 Å². The second-order valence-electron chi connectivity index (χ2n) is 7.49. The fraction of sp³-hybridized carbons (Fsp3) is 0.400. The third-order valence-electron chi connectivity index (χ3n) is 5.20. The number of carbonyl (C=O) groups excluding carboxylic acids is 2. The number of Topliss-reactive ketones (excluding diaryl/α,β-unsaturated/α-hetero) is 1. The van der Waals surface area contributed by atoms with Crippen LogP contribution in [0.5, 0.6) is 11.8 Å². The van der Waals surface area contributed by atoms with Gasteiger partial charge in [0.05, 0.1) is 5.56 Å². The number of nitrogens with one attached hydrogen (secondary N) is 2. The Morgan fingerprint density at radius 2 is 1.75 bits per heavy atom. The lowest BCUT2D eigenvalue weighted by Crippen LogP contribution is -2.44. The summed E-state index contributed by atoms with van der Waals surface area (Å²) in [7, 11) is 1.50. The minimum atomic E-state index is -0.764. The smallest absolute Gasteiger partial charge is 0.306 e. The number of nitrogens with two attached hydrogens (primary N) is 1. The monoisotopic (exact) mass is 495 g/mol. The van der Waals surface area contributed by atoms with E-state index in [0.717, 1.165) is 26.2 Å². The van der Waals surface area contributed by atoms with Crippen LogP contribution in [0.4, 0.5) is 5.95 Å². The number of primary amides is 1. The summed E-state index contributed by atoms with van der Waals surface area (Å²) in [5, 5.41) is 3.26. The van der Waals surface area contributed by atoms with Crippen LogP contribution in [-0.2, 0) is 7.05 Å². The van der Waals surface area contributed by atoms with Crippen molar-refractivity contribution in [2.45, 2.75) is 34.6 Å². The van der Waals surface area contributed by atoms with Crippen molar-refractivity contribution in [3.8, 4) is 23.6 Å². The number of aromatic nitrogens is 4. The number of rotatable bonds is 5. The number of anilines is 1. The number of nitrogens with zero attached hydrogens (tertiary/aromatic N) is 4. The van der Waals surface area contributed by atoms with Crippen LogP contribution in [0, 0.1) is 11.8 Å². The molecule has 0 saturated carbocycles. The van der Waals surface area contributed by atoms with E-state index in [4.69, 9.17) is 10.5 Å². The molecule has 11 heteroatoms. The van der Waals surface area contributed by atoms with Crippen LogP contribution in [-0.4, -0.2) is 57.4 Å². The number of benzene rings is 1. The zero-order valence-corrected chi connectivity index (χ0v) is 21.6. The van der Waals surface area contributed by atoms with E-state index < -0.39 is 5.91 Å². The summed E-state index contributed by atoms with van der Waals surface area (Å²) in [4.78, 5) is 50.1. The number of carbonyl (C=O) groups is 2. The van der Waals surface area contributed by atoms with Gasteiger partial charge in [0, 0.05) is 38.8 Å². The highest BCUT2D eigenvalue weighted by atomic mass is 16.5. The Hall–Kier alpha value is -4.17. The maximum atomic E-state index is 12.8. The summed E-state index contributed by atoms with van der Waals surface area (Å²) in [6.45, 7) is 12.2. The molecular formula is C25H33N7O4. The van der Waals surface area contributed by atoms with Crippen molar-refractivity contribution in [3.63, 3.8) is 0 Å². The molecule has 1 aliphatic rings. The largest absolute Gasteiger partial charge is 0.425 e. The van der Waals surface area contributed by atoms with Gasteiger partial charge in [-0.2, -0.15) is 9.97 Å². The number of fused-ring (bicyclic) bond motifs is 1. The Morgan fingerprint density at radius 1 is 1.11 bits per heavy atom. The fourth-order valence-electron chi connectivity index (χ4n) is 3.25. The highest BCUT2D eigenvalue weighted by Gasteiger charge is 2.20. The number of hydrogen-bond acceptors (Lipinski definition) is 8. The molecule has 0 spiro atoms.